The molecule has 0 bridgehead atoms. The lowest BCUT2D eigenvalue weighted by Gasteiger charge is -2.39. The van der Waals surface area contributed by atoms with Gasteiger partial charge in [-0.15, -0.1) is 0 Å². The lowest BCUT2D eigenvalue weighted by Crippen LogP contribution is -2.46. The summed E-state index contributed by atoms with van der Waals surface area (Å²) < 4.78 is 12.5. The molecule has 4 heteroatoms. The van der Waals surface area contributed by atoms with Crippen LogP contribution in [0.3, 0.4) is 0 Å². The molecule has 6 atom stereocenters. The molecule has 0 spiro atoms. The van der Waals surface area contributed by atoms with E-state index in [0.29, 0.717) is 12.8 Å². The van der Waals surface area contributed by atoms with E-state index in [1.54, 1.807) is 0 Å². The second-order valence-electron chi connectivity index (χ2n) is 15.4. The predicted octanol–water partition coefficient (Wildman–Crippen LogP) is 8.97. The summed E-state index contributed by atoms with van der Waals surface area (Å²) in [5.74, 6) is 0. The van der Waals surface area contributed by atoms with Gasteiger partial charge in [0.2, 0.25) is 0 Å². The highest BCUT2D eigenvalue weighted by Crippen LogP contribution is 2.67. The van der Waals surface area contributed by atoms with Gasteiger partial charge in [-0.2, -0.15) is 0 Å². The van der Waals surface area contributed by atoms with Gasteiger partial charge >= 0.3 is 0 Å². The van der Waals surface area contributed by atoms with Crippen molar-refractivity contribution in [1.29, 1.82) is 0 Å². The maximum absolute atomic E-state index is 10.3. The first-order chi connectivity index (χ1) is 20.4. The highest BCUT2D eigenvalue weighted by atomic mass is 16.6. The molecule has 4 aliphatic rings. The Bertz CT molecular complexity index is 1270. The number of allylic oxidation sites excluding steroid dienone is 16. The van der Waals surface area contributed by atoms with E-state index >= 15 is 0 Å². The highest BCUT2D eigenvalue weighted by molar-refractivity contribution is 5.38. The normalized spacial score (nSPS) is 39.2. The summed E-state index contributed by atoms with van der Waals surface area (Å²) in [6.07, 6.45) is 32.0. The van der Waals surface area contributed by atoms with E-state index in [1.807, 2.05) is 0 Å². The summed E-state index contributed by atoms with van der Waals surface area (Å²) in [4.78, 5) is 0. The van der Waals surface area contributed by atoms with Gasteiger partial charge in [-0.25, -0.2) is 0 Å². The molecule has 2 saturated carbocycles. The van der Waals surface area contributed by atoms with Crippen molar-refractivity contribution >= 4 is 0 Å². The average Bonchev–Trinajstić information content (AvgIpc) is 3.73. The van der Waals surface area contributed by atoms with Crippen LogP contribution >= 0.6 is 0 Å². The van der Waals surface area contributed by atoms with Crippen LogP contribution in [-0.4, -0.2) is 44.8 Å². The van der Waals surface area contributed by atoms with Gasteiger partial charge < -0.3 is 19.7 Å². The Morgan fingerprint density at radius 1 is 0.500 bits per heavy atom. The lowest BCUT2D eigenvalue weighted by atomic mass is 9.63. The molecule has 4 nitrogen and oxygen atoms in total. The van der Waals surface area contributed by atoms with E-state index in [4.69, 9.17) is 9.47 Å². The van der Waals surface area contributed by atoms with E-state index in [9.17, 15) is 10.2 Å². The standard InChI is InChI=1S/C40H56O4/c1-29(17-13-19-31(3)21-23-39-35(5,6)25-33(41)27-37(39,9)43-39)15-11-12-16-30(2)18-14-20-32(4)22-24-40-36(7,8)26-34(42)28-38(40,10)44-40/h11-24,33-34,41-42H,25-28H2,1-10H3/b12-11+,17-13+,18-14+,23-21+,24-22+,29-15-,30-16+,31-19+,32-20+/t33-,34-,37-,38-,39+,40+/m0/s1. The van der Waals surface area contributed by atoms with E-state index in [1.165, 1.54) is 22.3 Å². The van der Waals surface area contributed by atoms with Crippen LogP contribution in [0.2, 0.25) is 0 Å². The molecule has 0 aromatic rings. The molecule has 4 rings (SSSR count). The zero-order valence-electron chi connectivity index (χ0n) is 28.8. The Balaban J connectivity index is 1.25. The number of fused-ring (bicyclic) bond motifs is 2. The summed E-state index contributed by atoms with van der Waals surface area (Å²) in [5, 5.41) is 20.5. The van der Waals surface area contributed by atoms with Crippen molar-refractivity contribution in [2.75, 3.05) is 0 Å². The lowest BCUT2D eigenvalue weighted by molar-refractivity contribution is 0.0510. The van der Waals surface area contributed by atoms with Crippen LogP contribution in [0, 0.1) is 10.8 Å². The van der Waals surface area contributed by atoms with Gasteiger partial charge in [-0.05, 0) is 66.5 Å². The molecule has 0 aromatic carbocycles. The summed E-state index contributed by atoms with van der Waals surface area (Å²) in [6.45, 7) is 21.4. The molecular weight excluding hydrogens is 544 g/mol. The van der Waals surface area contributed by atoms with Gasteiger partial charge in [0.1, 0.15) is 22.4 Å². The Morgan fingerprint density at radius 3 is 1.16 bits per heavy atom. The van der Waals surface area contributed by atoms with Crippen LogP contribution in [0.5, 0.6) is 0 Å². The minimum Gasteiger partial charge on any atom is -0.393 e. The van der Waals surface area contributed by atoms with Crippen molar-refractivity contribution in [3.8, 4) is 0 Å². The largest absolute Gasteiger partial charge is 0.393 e. The number of aliphatic hydroxyl groups excluding tert-OH is 2. The van der Waals surface area contributed by atoms with Crippen molar-refractivity contribution in [2.24, 2.45) is 10.8 Å². The Morgan fingerprint density at radius 2 is 0.818 bits per heavy atom. The molecule has 0 unspecified atom stereocenters. The zero-order valence-corrected chi connectivity index (χ0v) is 28.8. The Kier molecular flexibility index (Phi) is 9.66. The molecule has 240 valence electrons. The SMILES string of the molecule is CC(=C/C=C/C=C(C)/C=C/C=C(C)/C=C/[C@]12O[C@@]1(C)C[C@@H](O)CC2(C)C)/C=C/C=C(C)/C=C/[C@]12O[C@@]1(C)C[C@@H](O)CC2(C)C. The molecule has 2 heterocycles. The van der Waals surface area contributed by atoms with Crippen molar-refractivity contribution in [3.05, 3.63) is 107 Å². The van der Waals surface area contributed by atoms with Crippen molar-refractivity contribution in [1.82, 2.24) is 0 Å². The second kappa shape index (κ2) is 12.4. The van der Waals surface area contributed by atoms with Crippen molar-refractivity contribution in [3.63, 3.8) is 0 Å². The van der Waals surface area contributed by atoms with Gasteiger partial charge in [0.05, 0.1) is 12.2 Å². The highest BCUT2D eigenvalue weighted by Gasteiger charge is 2.75. The van der Waals surface area contributed by atoms with Gasteiger partial charge in [0, 0.05) is 23.7 Å². The third kappa shape index (κ3) is 6.84. The molecule has 0 radical (unpaired) electrons. The van der Waals surface area contributed by atoms with E-state index in [0.717, 1.165) is 12.8 Å². The topological polar surface area (TPSA) is 65.5 Å². The molecule has 0 aromatic heterocycles. The zero-order chi connectivity index (χ0) is 32.6. The molecule has 2 saturated heterocycles. The van der Waals surface area contributed by atoms with E-state index in [2.05, 4.69) is 154 Å². The van der Waals surface area contributed by atoms with Crippen LogP contribution in [0.25, 0.3) is 0 Å². The van der Waals surface area contributed by atoms with Crippen molar-refractivity contribution in [2.45, 2.75) is 130 Å². The van der Waals surface area contributed by atoms with Crippen molar-refractivity contribution < 1.29 is 19.7 Å². The van der Waals surface area contributed by atoms with E-state index < -0.39 is 0 Å². The monoisotopic (exact) mass is 600 g/mol. The third-order valence-electron chi connectivity index (χ3n) is 10.4. The number of ether oxygens (including phenoxy) is 2. The fourth-order valence-electron chi connectivity index (χ4n) is 7.99. The smallest absolute Gasteiger partial charge is 0.121 e. The first-order valence-electron chi connectivity index (χ1n) is 16.3. The molecule has 44 heavy (non-hydrogen) atoms. The first kappa shape index (κ1) is 34.4. The van der Waals surface area contributed by atoms with Gasteiger partial charge in [-0.3, -0.25) is 0 Å². The van der Waals surface area contributed by atoms with Crippen LogP contribution < -0.4 is 0 Å². The third-order valence-corrected chi connectivity index (χ3v) is 10.4. The van der Waals surface area contributed by atoms with Crippen LogP contribution in [-0.2, 0) is 9.47 Å². The van der Waals surface area contributed by atoms with Gasteiger partial charge in [0.15, 0.2) is 0 Å². The minimum atomic E-state index is -0.294. The summed E-state index contributed by atoms with van der Waals surface area (Å²) >= 11 is 0. The Labute approximate surface area is 267 Å². The number of aliphatic hydroxyl groups is 2. The maximum atomic E-state index is 10.3. The predicted molar refractivity (Wildman–Crippen MR) is 183 cm³/mol. The quantitative estimate of drug-likeness (QED) is 0.194. The number of hydrogen-bond acceptors (Lipinski definition) is 4. The number of rotatable bonds is 10. The maximum Gasteiger partial charge on any atom is 0.121 e. The van der Waals surface area contributed by atoms with Crippen LogP contribution in [0.15, 0.2) is 107 Å². The van der Waals surface area contributed by atoms with Gasteiger partial charge in [0.25, 0.3) is 0 Å². The fourth-order valence-corrected chi connectivity index (χ4v) is 7.99. The molecule has 2 N–H and O–H groups in total. The number of epoxide rings is 2. The summed E-state index contributed by atoms with van der Waals surface area (Å²) in [6, 6.07) is 0. The summed E-state index contributed by atoms with van der Waals surface area (Å²) in [7, 11) is 0. The molecule has 2 aliphatic heterocycles. The van der Waals surface area contributed by atoms with Crippen LogP contribution in [0.4, 0.5) is 0 Å². The second-order valence-corrected chi connectivity index (χ2v) is 15.4. The average molecular weight is 601 g/mol. The van der Waals surface area contributed by atoms with Crippen LogP contribution in [0.1, 0.15) is 94.9 Å². The Hall–Kier alpha value is -2.50. The summed E-state index contributed by atoms with van der Waals surface area (Å²) in [5.41, 5.74) is 3.36. The molecule has 2 aliphatic carbocycles. The molecular formula is C40H56O4. The minimum absolute atomic E-state index is 0.0969. The molecule has 0 amide bonds. The van der Waals surface area contributed by atoms with Gasteiger partial charge in [-0.1, -0.05) is 123 Å². The fraction of sp³-hybridized carbons (Fsp3) is 0.550. The first-order valence-corrected chi connectivity index (χ1v) is 16.3. The van der Waals surface area contributed by atoms with E-state index in [-0.39, 0.29) is 45.4 Å². The number of hydrogen-bond donors (Lipinski definition) is 2. The molecule has 4 fully saturated rings.